The first-order chi connectivity index (χ1) is 7.04. The number of aliphatic hydroxyl groups excluding tert-OH is 1. The Morgan fingerprint density at radius 3 is 2.80 bits per heavy atom. The number of rotatable bonds is 2. The van der Waals surface area contributed by atoms with Crippen molar-refractivity contribution in [3.8, 4) is 0 Å². The van der Waals surface area contributed by atoms with Crippen molar-refractivity contribution in [2.24, 2.45) is 0 Å². The van der Waals surface area contributed by atoms with E-state index in [4.69, 9.17) is 16.2 Å². The number of carbonyl (C=O) groups excluding carboxylic acids is 1. The minimum Gasteiger partial charge on any atom is -0.396 e. The smallest absolute Gasteiger partial charge is 0.251 e. The average Bonchev–Trinajstić information content (AvgIpc) is 2.21. The molecule has 0 atom stereocenters. The van der Waals surface area contributed by atoms with Crippen LogP contribution in [0, 0.1) is 11.2 Å². The highest BCUT2D eigenvalue weighted by Crippen LogP contribution is 2.11. The van der Waals surface area contributed by atoms with E-state index in [1.165, 1.54) is 12.1 Å². The van der Waals surface area contributed by atoms with Crippen molar-refractivity contribution in [2.75, 3.05) is 12.3 Å². The van der Waals surface area contributed by atoms with E-state index in [-0.39, 0.29) is 17.1 Å². The summed E-state index contributed by atoms with van der Waals surface area (Å²) >= 11 is 0. The first-order valence-electron chi connectivity index (χ1n) is 4.09. The van der Waals surface area contributed by atoms with Gasteiger partial charge >= 0.3 is 0 Å². The lowest BCUT2D eigenvalue weighted by molar-refractivity contribution is -0.122. The van der Waals surface area contributed by atoms with Gasteiger partial charge in [0.1, 0.15) is 18.3 Å². The molecule has 1 amide bonds. The molecule has 1 aromatic rings. The van der Waals surface area contributed by atoms with Crippen molar-refractivity contribution in [1.82, 2.24) is 5.32 Å². The summed E-state index contributed by atoms with van der Waals surface area (Å²) in [4.78, 5) is 10.7. The molecule has 0 saturated heterocycles. The van der Waals surface area contributed by atoms with Gasteiger partial charge in [-0.1, -0.05) is 0 Å². The Labute approximate surface area is 85.2 Å². The zero-order valence-electron chi connectivity index (χ0n) is 7.75. The summed E-state index contributed by atoms with van der Waals surface area (Å²) in [6.07, 6.45) is 0. The molecule has 0 aromatic heterocycles. The van der Waals surface area contributed by atoms with Crippen molar-refractivity contribution >= 4 is 17.4 Å². The Bertz CT molecular complexity index is 406. The van der Waals surface area contributed by atoms with Gasteiger partial charge in [-0.3, -0.25) is 10.2 Å². The topological polar surface area (TPSA) is 99.2 Å². The van der Waals surface area contributed by atoms with E-state index in [9.17, 15) is 9.18 Å². The maximum atomic E-state index is 12.8. The molecule has 0 saturated carbocycles. The number of anilines is 1. The van der Waals surface area contributed by atoms with Crippen molar-refractivity contribution in [3.63, 3.8) is 0 Å². The Morgan fingerprint density at radius 1 is 1.60 bits per heavy atom. The van der Waals surface area contributed by atoms with Crippen LogP contribution in [0.2, 0.25) is 0 Å². The van der Waals surface area contributed by atoms with Gasteiger partial charge < -0.3 is 16.2 Å². The number of amidine groups is 1. The fourth-order valence-corrected chi connectivity index (χ4v) is 0.950. The lowest BCUT2D eigenvalue weighted by Gasteiger charge is -2.06. The predicted molar refractivity (Wildman–Crippen MR) is 52.9 cm³/mol. The van der Waals surface area contributed by atoms with Crippen LogP contribution in [-0.2, 0) is 4.79 Å². The second-order valence-corrected chi connectivity index (χ2v) is 2.82. The summed E-state index contributed by atoms with van der Waals surface area (Å²) in [6, 6.07) is 3.64. The maximum absolute atomic E-state index is 12.8. The number of nitrogen functional groups attached to an aromatic ring is 1. The molecule has 6 heteroatoms. The largest absolute Gasteiger partial charge is 0.396 e. The average molecular weight is 211 g/mol. The summed E-state index contributed by atoms with van der Waals surface area (Å²) in [5, 5.41) is 18.0. The second-order valence-electron chi connectivity index (χ2n) is 2.82. The van der Waals surface area contributed by atoms with Crippen LogP contribution in [0.4, 0.5) is 10.1 Å². The Morgan fingerprint density at radius 2 is 2.27 bits per heavy atom. The van der Waals surface area contributed by atoms with Crippen LogP contribution in [0.1, 0.15) is 5.56 Å². The number of nitrogens with one attached hydrogen (secondary N) is 2. The van der Waals surface area contributed by atoms with Crippen molar-refractivity contribution in [2.45, 2.75) is 0 Å². The first-order valence-corrected chi connectivity index (χ1v) is 4.09. The fraction of sp³-hybridized carbons (Fsp3) is 0.111. The molecule has 0 radical (unpaired) electrons. The summed E-state index contributed by atoms with van der Waals surface area (Å²) in [5.74, 6) is -1.52. The number of carbonyl (C=O) groups is 1. The first kappa shape index (κ1) is 11.1. The lowest BCUT2D eigenvalue weighted by atomic mass is 10.2. The molecule has 0 spiro atoms. The Kier molecular flexibility index (Phi) is 3.35. The van der Waals surface area contributed by atoms with E-state index in [1.54, 1.807) is 0 Å². The second kappa shape index (κ2) is 4.52. The minimum atomic E-state index is -0.709. The summed E-state index contributed by atoms with van der Waals surface area (Å²) < 4.78 is 12.8. The summed E-state index contributed by atoms with van der Waals surface area (Å²) in [7, 11) is 0. The van der Waals surface area contributed by atoms with E-state index in [2.05, 4.69) is 5.32 Å². The number of benzene rings is 1. The minimum absolute atomic E-state index is 0.101. The van der Waals surface area contributed by atoms with Crippen LogP contribution in [0.5, 0.6) is 0 Å². The van der Waals surface area contributed by atoms with Gasteiger partial charge in [0.05, 0.1) is 5.69 Å². The monoisotopic (exact) mass is 211 g/mol. The van der Waals surface area contributed by atoms with Crippen LogP contribution < -0.4 is 11.1 Å². The molecule has 0 aliphatic heterocycles. The zero-order valence-corrected chi connectivity index (χ0v) is 7.75. The van der Waals surface area contributed by atoms with E-state index < -0.39 is 18.3 Å². The third-order valence-corrected chi connectivity index (χ3v) is 1.69. The van der Waals surface area contributed by atoms with Gasteiger partial charge in [-0.15, -0.1) is 0 Å². The Hall–Kier alpha value is -1.95. The van der Waals surface area contributed by atoms with E-state index in [1.807, 2.05) is 0 Å². The van der Waals surface area contributed by atoms with Crippen LogP contribution >= 0.6 is 0 Å². The SMILES string of the molecule is N=C(NC(=O)CO)c1ccc(F)c(N)c1. The van der Waals surface area contributed by atoms with Crippen molar-refractivity contribution in [3.05, 3.63) is 29.6 Å². The maximum Gasteiger partial charge on any atom is 0.251 e. The Balaban J connectivity index is 2.83. The predicted octanol–water partition coefficient (Wildman–Crippen LogP) is -0.158. The number of aliphatic hydroxyl groups is 1. The van der Waals surface area contributed by atoms with Gasteiger partial charge in [0.25, 0.3) is 5.91 Å². The molecular formula is C9H10FN3O2. The molecule has 0 fully saturated rings. The third kappa shape index (κ3) is 2.75. The number of nitrogens with two attached hydrogens (primary N) is 1. The fourth-order valence-electron chi connectivity index (χ4n) is 0.950. The lowest BCUT2D eigenvalue weighted by Crippen LogP contribution is -2.32. The summed E-state index contributed by atoms with van der Waals surface area (Å²) in [5.41, 5.74) is 5.46. The molecule has 15 heavy (non-hydrogen) atoms. The quantitative estimate of drug-likeness (QED) is 0.311. The van der Waals surface area contributed by atoms with Crippen molar-refractivity contribution < 1.29 is 14.3 Å². The zero-order chi connectivity index (χ0) is 11.4. The van der Waals surface area contributed by atoms with E-state index >= 15 is 0 Å². The van der Waals surface area contributed by atoms with E-state index in [0.717, 1.165) is 6.07 Å². The third-order valence-electron chi connectivity index (χ3n) is 1.69. The molecule has 0 aliphatic rings. The number of amides is 1. The van der Waals surface area contributed by atoms with Gasteiger partial charge in [0.15, 0.2) is 0 Å². The van der Waals surface area contributed by atoms with Crippen molar-refractivity contribution in [1.29, 1.82) is 5.41 Å². The molecule has 80 valence electrons. The van der Waals surface area contributed by atoms with Crippen LogP contribution in [0.15, 0.2) is 18.2 Å². The molecule has 1 rings (SSSR count). The molecule has 5 nitrogen and oxygen atoms in total. The molecule has 5 N–H and O–H groups in total. The summed E-state index contributed by atoms with van der Waals surface area (Å²) in [6.45, 7) is -0.709. The molecular weight excluding hydrogens is 201 g/mol. The number of hydrogen-bond acceptors (Lipinski definition) is 4. The molecule has 0 aliphatic carbocycles. The highest BCUT2D eigenvalue weighted by atomic mass is 19.1. The highest BCUT2D eigenvalue weighted by Gasteiger charge is 2.07. The van der Waals surface area contributed by atoms with Gasteiger partial charge in [-0.05, 0) is 18.2 Å². The molecule has 0 bridgehead atoms. The normalized spacial score (nSPS) is 9.73. The van der Waals surface area contributed by atoms with Gasteiger partial charge in [0, 0.05) is 5.56 Å². The van der Waals surface area contributed by atoms with Gasteiger partial charge in [-0.2, -0.15) is 0 Å². The van der Waals surface area contributed by atoms with Crippen LogP contribution in [-0.4, -0.2) is 23.5 Å². The standard InChI is InChI=1S/C9H10FN3O2/c10-6-2-1-5(3-7(6)11)9(12)13-8(15)4-14/h1-3,14H,4,11H2,(H2,12,13,15). The molecule has 0 heterocycles. The van der Waals surface area contributed by atoms with Crippen LogP contribution in [0.25, 0.3) is 0 Å². The number of halogens is 1. The molecule has 1 aromatic carbocycles. The highest BCUT2D eigenvalue weighted by molar-refractivity contribution is 6.06. The van der Waals surface area contributed by atoms with Gasteiger partial charge in [-0.25, -0.2) is 4.39 Å². The van der Waals surface area contributed by atoms with Gasteiger partial charge in [0.2, 0.25) is 0 Å². The van der Waals surface area contributed by atoms with E-state index in [0.29, 0.717) is 0 Å². The van der Waals surface area contributed by atoms with Crippen LogP contribution in [0.3, 0.4) is 0 Å². The number of hydrogen-bond donors (Lipinski definition) is 4. The molecule has 0 unspecified atom stereocenters.